The van der Waals surface area contributed by atoms with Crippen LogP contribution in [0.5, 0.6) is 0 Å². The van der Waals surface area contributed by atoms with E-state index in [2.05, 4.69) is 4.72 Å². The molecule has 0 aliphatic heterocycles. The zero-order chi connectivity index (χ0) is 18.9. The van der Waals surface area contributed by atoms with Gasteiger partial charge < -0.3 is 0 Å². The third-order valence-electron chi connectivity index (χ3n) is 3.80. The van der Waals surface area contributed by atoms with Gasteiger partial charge in [0, 0.05) is 4.88 Å². The molecule has 0 saturated heterocycles. The average molecular weight is 397 g/mol. The normalized spacial score (nSPS) is 12.9. The Morgan fingerprint density at radius 1 is 0.962 bits per heavy atom. The molecule has 0 radical (unpaired) electrons. The highest BCUT2D eigenvalue weighted by Crippen LogP contribution is 2.29. The third-order valence-corrected chi connectivity index (χ3v) is 6.18. The maximum Gasteiger partial charge on any atom is 0.244 e. The lowest BCUT2D eigenvalue weighted by Crippen LogP contribution is -2.30. The Labute approximate surface area is 153 Å². The summed E-state index contributed by atoms with van der Waals surface area (Å²) in [6.07, 6.45) is 0. The van der Waals surface area contributed by atoms with Gasteiger partial charge in [-0.3, -0.25) is 0 Å². The summed E-state index contributed by atoms with van der Waals surface area (Å²) in [5.41, 5.74) is 1.64. The highest BCUT2D eigenvalue weighted by atomic mass is 32.2. The Bertz CT molecular complexity index is 1020. The Kier molecular flexibility index (Phi) is 5.17. The van der Waals surface area contributed by atoms with E-state index in [9.17, 15) is 21.6 Å². The van der Waals surface area contributed by atoms with Gasteiger partial charge in [-0.2, -0.15) is 4.72 Å². The smallest absolute Gasteiger partial charge is 0.207 e. The largest absolute Gasteiger partial charge is 0.244 e. The number of hydrogen-bond donors (Lipinski definition) is 1. The first kappa shape index (κ1) is 18.6. The molecule has 0 saturated carbocycles. The number of halogens is 3. The van der Waals surface area contributed by atoms with Gasteiger partial charge in [0.25, 0.3) is 0 Å². The topological polar surface area (TPSA) is 46.2 Å². The predicted octanol–water partition coefficient (Wildman–Crippen LogP) is 4.54. The van der Waals surface area contributed by atoms with Gasteiger partial charge in [-0.1, -0.05) is 35.9 Å². The van der Waals surface area contributed by atoms with Crippen LogP contribution in [0.25, 0.3) is 0 Å². The second-order valence-corrected chi connectivity index (χ2v) is 8.32. The highest BCUT2D eigenvalue weighted by Gasteiger charge is 2.28. The van der Waals surface area contributed by atoms with E-state index in [1.54, 1.807) is 29.6 Å². The molecule has 2 aromatic carbocycles. The molecular weight excluding hydrogens is 383 g/mol. The fraction of sp³-hybridized carbons (Fsp3) is 0.111. The van der Waals surface area contributed by atoms with Gasteiger partial charge in [0.2, 0.25) is 10.0 Å². The molecule has 0 spiro atoms. The van der Waals surface area contributed by atoms with E-state index in [4.69, 9.17) is 0 Å². The van der Waals surface area contributed by atoms with Gasteiger partial charge in [0.05, 0.1) is 6.04 Å². The number of sulfonamides is 1. The molecule has 3 rings (SSSR count). The van der Waals surface area contributed by atoms with Crippen molar-refractivity contribution >= 4 is 21.4 Å². The SMILES string of the molecule is Cc1ccc([C@@H](NS(=O)(=O)c2ccc(F)c(F)c2F)c2cccs2)cc1. The van der Waals surface area contributed by atoms with Crippen LogP contribution in [0.3, 0.4) is 0 Å². The van der Waals surface area contributed by atoms with E-state index in [-0.39, 0.29) is 0 Å². The van der Waals surface area contributed by atoms with Crippen LogP contribution in [0.1, 0.15) is 22.0 Å². The molecule has 8 heteroatoms. The molecule has 136 valence electrons. The Balaban J connectivity index is 2.04. The zero-order valence-electron chi connectivity index (χ0n) is 13.5. The molecule has 0 amide bonds. The average Bonchev–Trinajstić information content (AvgIpc) is 3.13. The van der Waals surface area contributed by atoms with Crippen LogP contribution >= 0.6 is 11.3 Å². The van der Waals surface area contributed by atoms with Crippen molar-refractivity contribution in [2.45, 2.75) is 17.9 Å². The monoisotopic (exact) mass is 397 g/mol. The summed E-state index contributed by atoms with van der Waals surface area (Å²) >= 11 is 1.32. The molecule has 1 N–H and O–H groups in total. The van der Waals surface area contributed by atoms with Gasteiger partial charge in [0.15, 0.2) is 17.5 Å². The summed E-state index contributed by atoms with van der Waals surface area (Å²) in [6.45, 7) is 1.89. The number of hydrogen-bond acceptors (Lipinski definition) is 3. The third kappa shape index (κ3) is 3.67. The summed E-state index contributed by atoms with van der Waals surface area (Å²) in [4.78, 5) is -0.259. The molecule has 0 aliphatic carbocycles. The molecule has 0 bridgehead atoms. The zero-order valence-corrected chi connectivity index (χ0v) is 15.2. The van der Waals surface area contributed by atoms with Crippen LogP contribution in [0.4, 0.5) is 13.2 Å². The lowest BCUT2D eigenvalue weighted by molar-refractivity contribution is 0.431. The molecule has 0 unspecified atom stereocenters. The molecule has 1 heterocycles. The minimum Gasteiger partial charge on any atom is -0.207 e. The first-order chi connectivity index (χ1) is 12.3. The molecular formula is C18H14F3NO2S2. The molecule has 0 aliphatic rings. The lowest BCUT2D eigenvalue weighted by atomic mass is 10.0. The van der Waals surface area contributed by atoms with E-state index < -0.39 is 38.4 Å². The minimum absolute atomic E-state index is 0.582. The van der Waals surface area contributed by atoms with Gasteiger partial charge in [-0.25, -0.2) is 21.6 Å². The van der Waals surface area contributed by atoms with Crippen molar-refractivity contribution in [2.24, 2.45) is 0 Å². The number of nitrogens with one attached hydrogen (secondary N) is 1. The molecule has 26 heavy (non-hydrogen) atoms. The van der Waals surface area contributed by atoms with Gasteiger partial charge >= 0.3 is 0 Å². The fourth-order valence-corrected chi connectivity index (χ4v) is 4.59. The second kappa shape index (κ2) is 7.22. The highest BCUT2D eigenvalue weighted by molar-refractivity contribution is 7.89. The molecule has 3 nitrogen and oxygen atoms in total. The van der Waals surface area contributed by atoms with E-state index in [1.807, 2.05) is 19.1 Å². The predicted molar refractivity (Wildman–Crippen MR) is 94.0 cm³/mol. The van der Waals surface area contributed by atoms with Crippen LogP contribution in [0.2, 0.25) is 0 Å². The van der Waals surface area contributed by atoms with Crippen LogP contribution < -0.4 is 4.72 Å². The lowest BCUT2D eigenvalue weighted by Gasteiger charge is -2.19. The molecule has 1 atom stereocenters. The number of benzene rings is 2. The van der Waals surface area contributed by atoms with Crippen molar-refractivity contribution in [3.05, 3.63) is 87.4 Å². The van der Waals surface area contributed by atoms with Crippen LogP contribution in [0.15, 0.2) is 58.8 Å². The summed E-state index contributed by atoms with van der Waals surface area (Å²) in [5, 5.41) is 1.78. The van der Waals surface area contributed by atoms with Gasteiger partial charge in [-0.15, -0.1) is 11.3 Å². The van der Waals surface area contributed by atoms with Crippen molar-refractivity contribution in [3.63, 3.8) is 0 Å². The Hall–Kier alpha value is -2.16. The maximum absolute atomic E-state index is 14.0. The summed E-state index contributed by atoms with van der Waals surface area (Å²) < 4.78 is 68.2. The van der Waals surface area contributed by atoms with Crippen molar-refractivity contribution in [1.29, 1.82) is 0 Å². The van der Waals surface area contributed by atoms with E-state index in [1.165, 1.54) is 11.3 Å². The first-order valence-corrected chi connectivity index (χ1v) is 9.91. The number of rotatable bonds is 5. The van der Waals surface area contributed by atoms with Crippen molar-refractivity contribution in [2.75, 3.05) is 0 Å². The first-order valence-electron chi connectivity index (χ1n) is 7.55. The quantitative estimate of drug-likeness (QED) is 0.643. The Morgan fingerprint density at radius 3 is 2.27 bits per heavy atom. The van der Waals surface area contributed by atoms with E-state index in [0.29, 0.717) is 22.6 Å². The molecule has 3 aromatic rings. The van der Waals surface area contributed by atoms with Crippen LogP contribution in [0, 0.1) is 24.4 Å². The fourth-order valence-electron chi connectivity index (χ4n) is 2.44. The number of aryl methyl sites for hydroxylation is 1. The summed E-state index contributed by atoms with van der Waals surface area (Å²) in [5.74, 6) is -5.02. The Morgan fingerprint density at radius 2 is 1.65 bits per heavy atom. The summed E-state index contributed by atoms with van der Waals surface area (Å²) in [7, 11) is -4.44. The summed E-state index contributed by atoms with van der Waals surface area (Å²) in [6, 6.07) is 11.1. The number of thiophene rings is 1. The van der Waals surface area contributed by atoms with Gasteiger partial charge in [-0.05, 0) is 36.1 Å². The molecule has 1 aromatic heterocycles. The second-order valence-electron chi connectivity index (χ2n) is 5.65. The van der Waals surface area contributed by atoms with E-state index >= 15 is 0 Å². The minimum atomic E-state index is -4.44. The van der Waals surface area contributed by atoms with Gasteiger partial charge in [0.1, 0.15) is 4.90 Å². The van der Waals surface area contributed by atoms with Crippen LogP contribution in [-0.4, -0.2) is 8.42 Å². The van der Waals surface area contributed by atoms with Crippen molar-refractivity contribution in [3.8, 4) is 0 Å². The van der Waals surface area contributed by atoms with E-state index in [0.717, 1.165) is 5.56 Å². The maximum atomic E-state index is 14.0. The van der Waals surface area contributed by atoms with Crippen LogP contribution in [-0.2, 0) is 10.0 Å². The van der Waals surface area contributed by atoms with Crippen molar-refractivity contribution < 1.29 is 21.6 Å². The standard InChI is InChI=1S/C18H14F3NO2S2/c1-11-4-6-12(7-5-11)18(14-3-2-10-25-14)22-26(23,24)15-9-8-13(19)16(20)17(15)21/h2-10,18,22H,1H3/t18-/m1/s1. The molecule has 0 fully saturated rings. The van der Waals surface area contributed by atoms with Crippen molar-refractivity contribution in [1.82, 2.24) is 4.72 Å².